The van der Waals surface area contributed by atoms with Crippen LogP contribution in [0.3, 0.4) is 0 Å². The van der Waals surface area contributed by atoms with Crippen molar-refractivity contribution < 1.29 is 4.79 Å². The Kier molecular flexibility index (Phi) is 7.04. The van der Waals surface area contributed by atoms with E-state index < -0.39 is 0 Å². The number of benzene rings is 1. The van der Waals surface area contributed by atoms with Crippen molar-refractivity contribution in [3.63, 3.8) is 0 Å². The molecule has 3 rings (SSSR count). The molecule has 0 bridgehead atoms. The van der Waals surface area contributed by atoms with Gasteiger partial charge >= 0.3 is 0 Å². The average Bonchev–Trinajstić information content (AvgIpc) is 2.76. The molecule has 2 aromatic rings. The van der Waals surface area contributed by atoms with Gasteiger partial charge in [0.25, 0.3) is 5.91 Å². The summed E-state index contributed by atoms with van der Waals surface area (Å²) in [7, 11) is 0. The Morgan fingerprint density at radius 2 is 1.79 bits per heavy atom. The highest BCUT2D eigenvalue weighted by Crippen LogP contribution is 2.24. The van der Waals surface area contributed by atoms with Gasteiger partial charge in [-0.05, 0) is 51.1 Å². The molecule has 0 radical (unpaired) electrons. The van der Waals surface area contributed by atoms with Gasteiger partial charge < -0.3 is 20.0 Å². The number of aromatic nitrogens is 2. The zero-order valence-electron chi connectivity index (χ0n) is 18.0. The van der Waals surface area contributed by atoms with Gasteiger partial charge in [-0.2, -0.15) is 0 Å². The number of nitrogens with zero attached hydrogens (tertiary/aromatic N) is 5. The zero-order chi connectivity index (χ0) is 20.8. The Morgan fingerprint density at radius 3 is 2.34 bits per heavy atom. The maximum absolute atomic E-state index is 12.7. The summed E-state index contributed by atoms with van der Waals surface area (Å²) in [5.41, 5.74) is 3.75. The second kappa shape index (κ2) is 9.69. The first-order chi connectivity index (χ1) is 14.0. The van der Waals surface area contributed by atoms with Crippen molar-refractivity contribution in [2.75, 3.05) is 56.0 Å². The standard InChI is InChI=1S/C22H32N6O/c1-5-26-10-12-28(13-11-26)22(29)20-15-24-21(16-23-20)25-19-9-8-18(14-17(19)4)27(6-2)7-3/h8-9,14-16H,5-7,10-13H2,1-4H3,(H,24,25). The molecule has 1 saturated heterocycles. The summed E-state index contributed by atoms with van der Waals surface area (Å²) in [4.78, 5) is 27.9. The van der Waals surface area contributed by atoms with E-state index in [4.69, 9.17) is 0 Å². The van der Waals surface area contributed by atoms with Crippen LogP contribution in [-0.4, -0.2) is 71.5 Å². The molecule has 1 fully saturated rings. The summed E-state index contributed by atoms with van der Waals surface area (Å²) in [6.45, 7) is 14.9. The summed E-state index contributed by atoms with van der Waals surface area (Å²) >= 11 is 0. The van der Waals surface area contributed by atoms with E-state index in [2.05, 4.69) is 71.0 Å². The van der Waals surface area contributed by atoms with Crippen LogP contribution in [0.1, 0.15) is 36.8 Å². The van der Waals surface area contributed by atoms with Gasteiger partial charge in [0, 0.05) is 50.6 Å². The average molecular weight is 397 g/mol. The van der Waals surface area contributed by atoms with Gasteiger partial charge in [-0.25, -0.2) is 9.97 Å². The number of amides is 1. The topological polar surface area (TPSA) is 64.6 Å². The van der Waals surface area contributed by atoms with Crippen molar-refractivity contribution in [3.8, 4) is 0 Å². The Balaban J connectivity index is 1.64. The summed E-state index contributed by atoms with van der Waals surface area (Å²) < 4.78 is 0. The molecule has 1 N–H and O–H groups in total. The minimum Gasteiger partial charge on any atom is -0.372 e. The number of aryl methyl sites for hydroxylation is 1. The maximum atomic E-state index is 12.7. The SMILES string of the molecule is CCN1CCN(C(=O)c2cnc(Nc3ccc(N(CC)CC)cc3C)cn2)CC1. The van der Waals surface area contributed by atoms with Crippen LogP contribution in [0.4, 0.5) is 17.2 Å². The van der Waals surface area contributed by atoms with Gasteiger partial charge in [0.1, 0.15) is 11.5 Å². The molecule has 1 amide bonds. The molecule has 0 unspecified atom stereocenters. The molecule has 1 aromatic carbocycles. The molecular weight excluding hydrogens is 364 g/mol. The smallest absolute Gasteiger partial charge is 0.274 e. The van der Waals surface area contributed by atoms with Crippen LogP contribution in [-0.2, 0) is 0 Å². The van der Waals surface area contributed by atoms with E-state index in [1.807, 2.05) is 4.90 Å². The molecular formula is C22H32N6O. The van der Waals surface area contributed by atoms with Crippen LogP contribution in [0.15, 0.2) is 30.6 Å². The fourth-order valence-electron chi connectivity index (χ4n) is 3.64. The molecule has 1 aliphatic heterocycles. The highest BCUT2D eigenvalue weighted by atomic mass is 16.2. The van der Waals surface area contributed by atoms with E-state index in [0.717, 1.165) is 57.1 Å². The number of nitrogens with one attached hydrogen (secondary N) is 1. The monoisotopic (exact) mass is 396 g/mol. The van der Waals surface area contributed by atoms with Crippen molar-refractivity contribution >= 4 is 23.1 Å². The number of hydrogen-bond acceptors (Lipinski definition) is 6. The maximum Gasteiger partial charge on any atom is 0.274 e. The molecule has 156 valence electrons. The number of carbonyl (C=O) groups excluding carboxylic acids is 1. The summed E-state index contributed by atoms with van der Waals surface area (Å²) in [6, 6.07) is 6.36. The second-order valence-corrected chi connectivity index (χ2v) is 7.31. The van der Waals surface area contributed by atoms with Crippen molar-refractivity contribution in [3.05, 3.63) is 41.9 Å². The van der Waals surface area contributed by atoms with Crippen molar-refractivity contribution in [2.24, 2.45) is 0 Å². The van der Waals surface area contributed by atoms with Gasteiger partial charge in [0.2, 0.25) is 0 Å². The Morgan fingerprint density at radius 1 is 1.07 bits per heavy atom. The predicted molar refractivity (Wildman–Crippen MR) is 118 cm³/mol. The predicted octanol–water partition coefficient (Wildman–Crippen LogP) is 3.15. The normalized spacial score (nSPS) is 14.7. The lowest BCUT2D eigenvalue weighted by molar-refractivity contribution is 0.0637. The summed E-state index contributed by atoms with van der Waals surface area (Å²) in [5, 5.41) is 3.31. The number of rotatable bonds is 7. The third kappa shape index (κ3) is 5.03. The van der Waals surface area contributed by atoms with Gasteiger partial charge in [0.05, 0.1) is 12.4 Å². The van der Waals surface area contributed by atoms with Crippen molar-refractivity contribution in [1.82, 2.24) is 19.8 Å². The first-order valence-corrected chi connectivity index (χ1v) is 10.5. The molecule has 7 nitrogen and oxygen atoms in total. The zero-order valence-corrected chi connectivity index (χ0v) is 18.0. The number of anilines is 3. The fourth-order valence-corrected chi connectivity index (χ4v) is 3.64. The minimum atomic E-state index is -0.0421. The van der Waals surface area contributed by atoms with Gasteiger partial charge in [-0.15, -0.1) is 0 Å². The number of hydrogen-bond donors (Lipinski definition) is 1. The van der Waals surface area contributed by atoms with Crippen molar-refractivity contribution in [1.29, 1.82) is 0 Å². The lowest BCUT2D eigenvalue weighted by Gasteiger charge is -2.33. The van der Waals surface area contributed by atoms with E-state index >= 15 is 0 Å². The van der Waals surface area contributed by atoms with Crippen LogP contribution < -0.4 is 10.2 Å². The molecule has 1 aliphatic rings. The van der Waals surface area contributed by atoms with E-state index in [1.54, 1.807) is 12.4 Å². The quantitative estimate of drug-likeness (QED) is 0.776. The van der Waals surface area contributed by atoms with E-state index in [-0.39, 0.29) is 5.91 Å². The first kappa shape index (κ1) is 21.0. The Hall–Kier alpha value is -2.67. The second-order valence-electron chi connectivity index (χ2n) is 7.31. The third-order valence-electron chi connectivity index (χ3n) is 5.58. The third-order valence-corrected chi connectivity index (χ3v) is 5.58. The van der Waals surface area contributed by atoms with Gasteiger partial charge in [-0.3, -0.25) is 4.79 Å². The van der Waals surface area contributed by atoms with Gasteiger partial charge in [0.15, 0.2) is 0 Å². The largest absolute Gasteiger partial charge is 0.372 e. The summed E-state index contributed by atoms with van der Waals surface area (Å²) in [5.74, 6) is 0.593. The Labute approximate surface area is 173 Å². The molecule has 0 aliphatic carbocycles. The lowest BCUT2D eigenvalue weighted by atomic mass is 10.1. The number of carbonyl (C=O) groups is 1. The molecule has 7 heteroatoms. The number of likely N-dealkylation sites (N-methyl/N-ethyl adjacent to an activating group) is 1. The van der Waals surface area contributed by atoms with Crippen LogP contribution in [0.25, 0.3) is 0 Å². The minimum absolute atomic E-state index is 0.0421. The molecule has 2 heterocycles. The van der Waals surface area contributed by atoms with E-state index in [0.29, 0.717) is 11.5 Å². The molecule has 1 aromatic heterocycles. The Bertz CT molecular complexity index is 811. The molecule has 0 spiro atoms. The van der Waals surface area contributed by atoms with Crippen LogP contribution in [0.2, 0.25) is 0 Å². The lowest BCUT2D eigenvalue weighted by Crippen LogP contribution is -2.48. The van der Waals surface area contributed by atoms with E-state index in [9.17, 15) is 4.79 Å². The van der Waals surface area contributed by atoms with E-state index in [1.165, 1.54) is 5.69 Å². The van der Waals surface area contributed by atoms with Gasteiger partial charge in [-0.1, -0.05) is 6.92 Å². The fraction of sp³-hybridized carbons (Fsp3) is 0.500. The first-order valence-electron chi connectivity index (χ1n) is 10.5. The molecule has 0 saturated carbocycles. The highest BCUT2D eigenvalue weighted by molar-refractivity contribution is 5.92. The van der Waals surface area contributed by atoms with Crippen molar-refractivity contribution in [2.45, 2.75) is 27.7 Å². The highest BCUT2D eigenvalue weighted by Gasteiger charge is 2.22. The van der Waals surface area contributed by atoms with Crippen LogP contribution >= 0.6 is 0 Å². The molecule has 0 atom stereocenters. The molecule has 29 heavy (non-hydrogen) atoms. The number of piperazine rings is 1. The van der Waals surface area contributed by atoms with Crippen LogP contribution in [0, 0.1) is 6.92 Å². The van der Waals surface area contributed by atoms with Crippen LogP contribution in [0.5, 0.6) is 0 Å². The summed E-state index contributed by atoms with van der Waals surface area (Å²) in [6.07, 6.45) is 3.20.